The number of nitrogens with zero attached hydrogens (tertiary/aromatic N) is 1. The molecule has 0 radical (unpaired) electrons. The molecule has 2 aliphatic heterocycles. The number of nitrogens with one attached hydrogen (secondary N) is 1. The predicted octanol–water partition coefficient (Wildman–Crippen LogP) is 3.82. The summed E-state index contributed by atoms with van der Waals surface area (Å²) in [6.45, 7) is 5.58. The van der Waals surface area contributed by atoms with Gasteiger partial charge in [-0.3, -0.25) is 4.79 Å². The summed E-state index contributed by atoms with van der Waals surface area (Å²) in [5.41, 5.74) is 1.01. The fourth-order valence-electron chi connectivity index (χ4n) is 3.78. The predicted molar refractivity (Wildman–Crippen MR) is 106 cm³/mol. The summed E-state index contributed by atoms with van der Waals surface area (Å²) in [7, 11) is 3.05. The summed E-state index contributed by atoms with van der Waals surface area (Å²) in [4.78, 5) is 13.7. The first-order chi connectivity index (χ1) is 13.8. The zero-order valence-corrected chi connectivity index (χ0v) is 17.3. The van der Waals surface area contributed by atoms with Crippen molar-refractivity contribution in [1.29, 1.82) is 0 Å². The number of rotatable bonds is 4. The van der Waals surface area contributed by atoms with E-state index in [0.29, 0.717) is 31.6 Å². The van der Waals surface area contributed by atoms with Crippen LogP contribution in [0.1, 0.15) is 43.2 Å². The van der Waals surface area contributed by atoms with Crippen molar-refractivity contribution in [3.05, 3.63) is 29.3 Å². The van der Waals surface area contributed by atoms with Gasteiger partial charge in [-0.15, -0.1) is 0 Å². The first-order valence-electron chi connectivity index (χ1n) is 10.0. The number of esters is 1. The molecule has 29 heavy (non-hydrogen) atoms. The molecular formula is C21H31F3N2O3. The van der Waals surface area contributed by atoms with Gasteiger partial charge < -0.3 is 19.7 Å². The Kier molecular flexibility index (Phi) is 8.77. The monoisotopic (exact) mass is 416 g/mol. The average Bonchev–Trinajstić information content (AvgIpc) is 3.27. The average molecular weight is 416 g/mol. The van der Waals surface area contributed by atoms with Crippen molar-refractivity contribution in [1.82, 2.24) is 5.32 Å². The number of hydrogen-bond acceptors (Lipinski definition) is 5. The van der Waals surface area contributed by atoms with E-state index in [1.807, 2.05) is 11.8 Å². The van der Waals surface area contributed by atoms with Gasteiger partial charge in [0, 0.05) is 39.0 Å². The number of methoxy groups -OCH3 is 2. The normalized spacial score (nSPS) is 20.2. The third kappa shape index (κ3) is 6.34. The molecule has 2 fully saturated rings. The van der Waals surface area contributed by atoms with Crippen LogP contribution in [-0.4, -0.2) is 53.0 Å². The third-order valence-electron chi connectivity index (χ3n) is 5.52. The van der Waals surface area contributed by atoms with Crippen LogP contribution in [0.25, 0.3) is 0 Å². The Morgan fingerprint density at radius 2 is 1.86 bits per heavy atom. The number of piperidine rings is 1. The van der Waals surface area contributed by atoms with Gasteiger partial charge in [-0.25, -0.2) is 0 Å². The maximum absolute atomic E-state index is 13.2. The molecule has 5 nitrogen and oxygen atoms in total. The van der Waals surface area contributed by atoms with Crippen LogP contribution in [0, 0.1) is 5.92 Å². The van der Waals surface area contributed by atoms with Crippen LogP contribution in [0.2, 0.25) is 0 Å². The molecule has 164 valence electrons. The lowest BCUT2D eigenvalue weighted by Crippen LogP contribution is -2.37. The summed E-state index contributed by atoms with van der Waals surface area (Å²) in [6.07, 6.45) is -2.22. The van der Waals surface area contributed by atoms with Crippen molar-refractivity contribution in [2.45, 2.75) is 38.3 Å². The minimum Gasteiger partial charge on any atom is -0.469 e. The van der Waals surface area contributed by atoms with E-state index in [2.05, 4.69) is 10.1 Å². The molecule has 1 unspecified atom stereocenters. The molecule has 3 rings (SSSR count). The highest BCUT2D eigenvalue weighted by Gasteiger charge is 2.34. The van der Waals surface area contributed by atoms with Crippen molar-refractivity contribution in [2.24, 2.45) is 5.92 Å². The van der Waals surface area contributed by atoms with Gasteiger partial charge in [-0.1, -0.05) is 6.07 Å². The van der Waals surface area contributed by atoms with Gasteiger partial charge in [0.1, 0.15) is 0 Å². The highest BCUT2D eigenvalue weighted by Crippen LogP contribution is 2.38. The van der Waals surface area contributed by atoms with Gasteiger partial charge >= 0.3 is 12.1 Å². The fourth-order valence-corrected chi connectivity index (χ4v) is 3.78. The molecule has 1 aromatic rings. The summed E-state index contributed by atoms with van der Waals surface area (Å²) >= 11 is 0. The van der Waals surface area contributed by atoms with Crippen LogP contribution >= 0.6 is 0 Å². The number of carbonyl (C=O) groups excluding carboxylic acids is 1. The highest BCUT2D eigenvalue weighted by atomic mass is 19.4. The van der Waals surface area contributed by atoms with Crippen molar-refractivity contribution in [2.75, 3.05) is 51.9 Å². The minimum absolute atomic E-state index is 0.163. The van der Waals surface area contributed by atoms with Crippen LogP contribution in [0.15, 0.2) is 18.2 Å². The Labute approximate surface area is 170 Å². The summed E-state index contributed by atoms with van der Waals surface area (Å²) in [5, 5.41) is 3.27. The molecule has 1 aromatic carbocycles. The molecule has 1 N–H and O–H groups in total. The summed E-state index contributed by atoms with van der Waals surface area (Å²) in [5.74, 6) is -0.164. The van der Waals surface area contributed by atoms with Crippen LogP contribution in [0.3, 0.4) is 0 Å². The second kappa shape index (κ2) is 10.8. The Morgan fingerprint density at radius 1 is 1.21 bits per heavy atom. The van der Waals surface area contributed by atoms with E-state index in [-0.39, 0.29) is 17.8 Å². The second-order valence-corrected chi connectivity index (χ2v) is 7.32. The van der Waals surface area contributed by atoms with Gasteiger partial charge in [0.25, 0.3) is 0 Å². The molecule has 0 aliphatic carbocycles. The number of benzene rings is 1. The van der Waals surface area contributed by atoms with E-state index < -0.39 is 11.7 Å². The van der Waals surface area contributed by atoms with E-state index in [1.165, 1.54) is 19.2 Å². The molecule has 8 heteroatoms. The molecule has 0 spiro atoms. The zero-order valence-electron chi connectivity index (χ0n) is 17.3. The van der Waals surface area contributed by atoms with Crippen molar-refractivity contribution >= 4 is 11.7 Å². The maximum Gasteiger partial charge on any atom is 0.416 e. The molecule has 2 heterocycles. The smallest absolute Gasteiger partial charge is 0.416 e. The zero-order chi connectivity index (χ0) is 21.4. The maximum atomic E-state index is 13.2. The van der Waals surface area contributed by atoms with Gasteiger partial charge in [-0.05, 0) is 56.3 Å². The molecule has 2 saturated heterocycles. The first kappa shape index (κ1) is 23.5. The van der Waals surface area contributed by atoms with Crippen molar-refractivity contribution < 1.29 is 27.4 Å². The number of alkyl halides is 3. The van der Waals surface area contributed by atoms with Gasteiger partial charge in [0.15, 0.2) is 0 Å². The largest absolute Gasteiger partial charge is 0.469 e. The number of anilines is 1. The van der Waals surface area contributed by atoms with Crippen LogP contribution in [-0.2, 0) is 20.4 Å². The van der Waals surface area contributed by atoms with Gasteiger partial charge in [0.05, 0.1) is 18.6 Å². The van der Waals surface area contributed by atoms with Crippen LogP contribution in [0.4, 0.5) is 18.9 Å². The van der Waals surface area contributed by atoms with Crippen LogP contribution in [0.5, 0.6) is 0 Å². The van der Waals surface area contributed by atoms with E-state index >= 15 is 0 Å². The lowest BCUT2D eigenvalue weighted by atomic mass is 9.91. The molecule has 1 atom stereocenters. The van der Waals surface area contributed by atoms with Crippen molar-refractivity contribution in [3.63, 3.8) is 0 Å². The van der Waals surface area contributed by atoms with E-state index in [9.17, 15) is 18.0 Å². The summed E-state index contributed by atoms with van der Waals surface area (Å²) in [6, 6.07) is 4.08. The van der Waals surface area contributed by atoms with Crippen LogP contribution < -0.4 is 10.2 Å². The van der Waals surface area contributed by atoms with E-state index in [0.717, 1.165) is 31.7 Å². The molecule has 0 aromatic heterocycles. The fraction of sp³-hybridized carbons (Fsp3) is 0.667. The molecule has 0 bridgehead atoms. The number of carbonyl (C=O) groups is 1. The lowest BCUT2D eigenvalue weighted by Gasteiger charge is -2.35. The van der Waals surface area contributed by atoms with Crippen molar-refractivity contribution in [3.8, 4) is 0 Å². The minimum atomic E-state index is -4.36. The lowest BCUT2D eigenvalue weighted by molar-refractivity contribution is -0.146. The Balaban J connectivity index is 0.000000687. The summed E-state index contributed by atoms with van der Waals surface area (Å²) < 4.78 is 48.8. The molecule has 0 amide bonds. The third-order valence-corrected chi connectivity index (χ3v) is 5.52. The van der Waals surface area contributed by atoms with Gasteiger partial charge in [-0.2, -0.15) is 13.2 Å². The molecule has 2 aliphatic rings. The molecule has 0 saturated carbocycles. The Morgan fingerprint density at radius 3 is 2.34 bits per heavy atom. The van der Waals surface area contributed by atoms with Gasteiger partial charge in [0.2, 0.25) is 0 Å². The Hall–Kier alpha value is -1.80. The topological polar surface area (TPSA) is 50.8 Å². The number of ether oxygens (including phenoxy) is 2. The Bertz CT molecular complexity index is 651. The quantitative estimate of drug-likeness (QED) is 0.757. The highest BCUT2D eigenvalue weighted by molar-refractivity contribution is 5.73. The standard InChI is InChI=1S/C18H23F3N2O2.C3H8O/c1-25-17(24)12-5-8-23(9-6-12)16-10-14(18(19,20)21)2-3-15(16)13-4-7-22-11-13;1-3-4-2/h2-3,10,12-13,22H,4-9,11H2,1H3;3H2,1-2H3. The molecular weight excluding hydrogens is 385 g/mol. The number of hydrogen-bond donors (Lipinski definition) is 1. The van der Waals surface area contributed by atoms with E-state index in [1.54, 1.807) is 13.2 Å². The second-order valence-electron chi connectivity index (χ2n) is 7.32. The SMILES string of the molecule is CCOC.COC(=O)C1CCN(c2cc(C(F)(F)F)ccc2C2CCNC2)CC1. The number of halogens is 3. The first-order valence-corrected chi connectivity index (χ1v) is 10.0. The van der Waals surface area contributed by atoms with E-state index in [4.69, 9.17) is 4.74 Å².